The van der Waals surface area contributed by atoms with E-state index >= 15 is 0 Å². The summed E-state index contributed by atoms with van der Waals surface area (Å²) in [5.41, 5.74) is 4.07. The maximum atomic E-state index is 12.1. The van der Waals surface area contributed by atoms with Crippen molar-refractivity contribution in [3.8, 4) is 16.9 Å². The van der Waals surface area contributed by atoms with Crippen LogP contribution in [0.25, 0.3) is 22.0 Å². The molecule has 0 saturated carbocycles. The Labute approximate surface area is 159 Å². The molecule has 6 nitrogen and oxygen atoms in total. The summed E-state index contributed by atoms with van der Waals surface area (Å²) < 4.78 is 5.49. The van der Waals surface area contributed by atoms with Crippen molar-refractivity contribution in [3.63, 3.8) is 0 Å². The fourth-order valence-electron chi connectivity index (χ4n) is 2.96. The van der Waals surface area contributed by atoms with Crippen molar-refractivity contribution in [1.29, 1.82) is 0 Å². The number of rotatable bonds is 6. The SMILES string of the molecule is COc1ccc(C)cc1-c1ccc2c(NC(=O)NCCC(C)C)n[nH]c2c1. The van der Waals surface area contributed by atoms with Gasteiger partial charge in [-0.3, -0.25) is 10.4 Å². The van der Waals surface area contributed by atoms with E-state index in [1.807, 2.05) is 30.3 Å². The Morgan fingerprint density at radius 1 is 1.22 bits per heavy atom. The molecule has 142 valence electrons. The monoisotopic (exact) mass is 366 g/mol. The van der Waals surface area contributed by atoms with Crippen molar-refractivity contribution in [1.82, 2.24) is 15.5 Å². The third kappa shape index (κ3) is 4.39. The van der Waals surface area contributed by atoms with Gasteiger partial charge in [-0.05, 0) is 49.1 Å². The fourth-order valence-corrected chi connectivity index (χ4v) is 2.96. The minimum Gasteiger partial charge on any atom is -0.496 e. The molecule has 3 aromatic rings. The number of nitrogens with one attached hydrogen (secondary N) is 3. The molecule has 0 atom stereocenters. The Bertz CT molecular complexity index is 947. The Morgan fingerprint density at radius 2 is 2.04 bits per heavy atom. The zero-order valence-electron chi connectivity index (χ0n) is 16.2. The highest BCUT2D eigenvalue weighted by Crippen LogP contribution is 2.33. The molecule has 6 heteroatoms. The second-order valence-corrected chi connectivity index (χ2v) is 7.10. The predicted molar refractivity (Wildman–Crippen MR) is 109 cm³/mol. The van der Waals surface area contributed by atoms with Crippen molar-refractivity contribution >= 4 is 22.8 Å². The lowest BCUT2D eigenvalue weighted by molar-refractivity contribution is 0.251. The van der Waals surface area contributed by atoms with E-state index in [9.17, 15) is 4.79 Å². The first-order valence-corrected chi connectivity index (χ1v) is 9.16. The molecule has 27 heavy (non-hydrogen) atoms. The van der Waals surface area contributed by atoms with Gasteiger partial charge < -0.3 is 10.1 Å². The molecular formula is C21H26N4O2. The third-order valence-corrected chi connectivity index (χ3v) is 4.47. The van der Waals surface area contributed by atoms with Gasteiger partial charge in [-0.2, -0.15) is 5.10 Å². The standard InChI is InChI=1S/C21H26N4O2/c1-13(2)9-10-22-21(26)23-20-16-7-6-15(12-18(16)24-25-20)17-11-14(3)5-8-19(17)27-4/h5-8,11-13H,9-10H2,1-4H3,(H3,22,23,24,25,26). The van der Waals surface area contributed by atoms with Crippen LogP contribution in [0.2, 0.25) is 0 Å². The van der Waals surface area contributed by atoms with Crippen molar-refractivity contribution in [2.45, 2.75) is 27.2 Å². The van der Waals surface area contributed by atoms with Crippen LogP contribution in [0.4, 0.5) is 10.6 Å². The lowest BCUT2D eigenvalue weighted by Crippen LogP contribution is -2.30. The van der Waals surface area contributed by atoms with Crippen LogP contribution in [0.15, 0.2) is 36.4 Å². The Hall–Kier alpha value is -3.02. The molecule has 3 N–H and O–H groups in total. The van der Waals surface area contributed by atoms with Gasteiger partial charge in [0, 0.05) is 17.5 Å². The number of aromatic nitrogens is 2. The molecule has 0 aliphatic rings. The van der Waals surface area contributed by atoms with Crippen molar-refractivity contribution < 1.29 is 9.53 Å². The van der Waals surface area contributed by atoms with Crippen molar-refractivity contribution in [3.05, 3.63) is 42.0 Å². The van der Waals surface area contributed by atoms with Crippen LogP contribution >= 0.6 is 0 Å². The van der Waals surface area contributed by atoms with E-state index in [0.717, 1.165) is 39.8 Å². The first-order chi connectivity index (χ1) is 13.0. The Morgan fingerprint density at radius 3 is 2.78 bits per heavy atom. The summed E-state index contributed by atoms with van der Waals surface area (Å²) in [5, 5.41) is 13.8. The van der Waals surface area contributed by atoms with E-state index in [4.69, 9.17) is 4.74 Å². The minimum atomic E-state index is -0.242. The summed E-state index contributed by atoms with van der Waals surface area (Å²) in [5.74, 6) is 1.89. The molecule has 0 radical (unpaired) electrons. The van der Waals surface area contributed by atoms with Gasteiger partial charge in [0.2, 0.25) is 0 Å². The molecule has 0 saturated heterocycles. The summed E-state index contributed by atoms with van der Waals surface area (Å²) >= 11 is 0. The number of hydrogen-bond acceptors (Lipinski definition) is 3. The maximum Gasteiger partial charge on any atom is 0.320 e. The largest absolute Gasteiger partial charge is 0.496 e. The van der Waals surface area contributed by atoms with Crippen LogP contribution < -0.4 is 15.4 Å². The first-order valence-electron chi connectivity index (χ1n) is 9.16. The Balaban J connectivity index is 1.81. The van der Waals surface area contributed by atoms with E-state index in [-0.39, 0.29) is 6.03 Å². The van der Waals surface area contributed by atoms with Gasteiger partial charge in [0.05, 0.1) is 12.6 Å². The molecule has 0 spiro atoms. The number of anilines is 1. The summed E-state index contributed by atoms with van der Waals surface area (Å²) in [7, 11) is 1.67. The van der Waals surface area contributed by atoms with Crippen LogP contribution in [0.1, 0.15) is 25.8 Å². The lowest BCUT2D eigenvalue weighted by atomic mass is 10.0. The minimum absolute atomic E-state index is 0.242. The summed E-state index contributed by atoms with van der Waals surface area (Å²) in [6, 6.07) is 11.8. The zero-order valence-corrected chi connectivity index (χ0v) is 16.2. The summed E-state index contributed by atoms with van der Waals surface area (Å²) in [6.07, 6.45) is 0.941. The van der Waals surface area contributed by atoms with Crippen LogP contribution in [0.5, 0.6) is 5.75 Å². The second kappa shape index (κ2) is 8.12. The number of amides is 2. The van der Waals surface area contributed by atoms with Gasteiger partial charge in [-0.1, -0.05) is 31.5 Å². The number of methoxy groups -OCH3 is 1. The number of hydrogen-bond donors (Lipinski definition) is 3. The predicted octanol–water partition coefficient (Wildman–Crippen LogP) is 4.71. The fraction of sp³-hybridized carbons (Fsp3) is 0.333. The smallest absolute Gasteiger partial charge is 0.320 e. The van der Waals surface area contributed by atoms with E-state index in [1.54, 1.807) is 7.11 Å². The summed E-state index contributed by atoms with van der Waals surface area (Å²) in [4.78, 5) is 12.1. The molecule has 2 amide bonds. The Kier molecular flexibility index (Phi) is 5.64. The van der Waals surface area contributed by atoms with E-state index in [2.05, 4.69) is 47.7 Å². The third-order valence-electron chi connectivity index (χ3n) is 4.47. The molecule has 3 rings (SSSR count). The first kappa shape index (κ1) is 18.8. The van der Waals surface area contributed by atoms with Crippen molar-refractivity contribution in [2.24, 2.45) is 5.92 Å². The highest BCUT2D eigenvalue weighted by molar-refractivity contribution is 6.00. The molecule has 1 heterocycles. The number of aryl methyl sites for hydroxylation is 1. The number of ether oxygens (including phenoxy) is 1. The molecule has 0 unspecified atom stereocenters. The van der Waals surface area contributed by atoms with Gasteiger partial charge in [0.1, 0.15) is 5.75 Å². The number of carbonyl (C=O) groups excluding carboxylic acids is 1. The van der Waals surface area contributed by atoms with Gasteiger partial charge >= 0.3 is 6.03 Å². The van der Waals surface area contributed by atoms with E-state index < -0.39 is 0 Å². The van der Waals surface area contributed by atoms with E-state index in [1.165, 1.54) is 0 Å². The molecule has 1 aromatic heterocycles. The van der Waals surface area contributed by atoms with Crippen LogP contribution in [-0.4, -0.2) is 29.9 Å². The average Bonchev–Trinajstić information content (AvgIpc) is 3.03. The van der Waals surface area contributed by atoms with Crippen LogP contribution in [0, 0.1) is 12.8 Å². The molecule has 0 bridgehead atoms. The average molecular weight is 366 g/mol. The van der Waals surface area contributed by atoms with Gasteiger partial charge in [0.15, 0.2) is 5.82 Å². The maximum absolute atomic E-state index is 12.1. The van der Waals surface area contributed by atoms with Crippen molar-refractivity contribution in [2.75, 3.05) is 19.0 Å². The zero-order chi connectivity index (χ0) is 19.4. The van der Waals surface area contributed by atoms with Gasteiger partial charge in [0.25, 0.3) is 0 Å². The lowest BCUT2D eigenvalue weighted by Gasteiger charge is -2.10. The topological polar surface area (TPSA) is 79.0 Å². The van der Waals surface area contributed by atoms with Crippen LogP contribution in [0.3, 0.4) is 0 Å². The highest BCUT2D eigenvalue weighted by atomic mass is 16.5. The number of nitrogens with zero attached hydrogens (tertiary/aromatic N) is 1. The molecule has 0 fully saturated rings. The quantitative estimate of drug-likeness (QED) is 0.591. The van der Waals surface area contributed by atoms with Gasteiger partial charge in [-0.15, -0.1) is 0 Å². The normalized spacial score (nSPS) is 11.0. The molecule has 0 aliphatic heterocycles. The number of fused-ring (bicyclic) bond motifs is 1. The highest BCUT2D eigenvalue weighted by Gasteiger charge is 2.12. The molecular weight excluding hydrogens is 340 g/mol. The number of H-pyrrole nitrogens is 1. The van der Waals surface area contributed by atoms with Crippen LogP contribution in [-0.2, 0) is 0 Å². The molecule has 0 aliphatic carbocycles. The number of urea groups is 1. The number of carbonyl (C=O) groups is 1. The number of aromatic amines is 1. The number of benzene rings is 2. The molecule has 2 aromatic carbocycles. The van der Waals surface area contributed by atoms with E-state index in [0.29, 0.717) is 18.3 Å². The summed E-state index contributed by atoms with van der Waals surface area (Å²) in [6.45, 7) is 6.95. The van der Waals surface area contributed by atoms with Gasteiger partial charge in [-0.25, -0.2) is 4.79 Å². The second-order valence-electron chi connectivity index (χ2n) is 7.10.